The molecule has 13 nitrogen and oxygen atoms in total. The number of anilines is 2. The summed E-state index contributed by atoms with van der Waals surface area (Å²) in [4.78, 5) is 32.3. The Hall–Kier alpha value is -5.78. The Morgan fingerprint density at radius 1 is 1.02 bits per heavy atom. The first-order valence-corrected chi connectivity index (χ1v) is 18.6. The Balaban J connectivity index is 1.08. The van der Waals surface area contributed by atoms with E-state index in [4.69, 9.17) is 14.4 Å². The van der Waals surface area contributed by atoms with Crippen molar-refractivity contribution in [3.63, 3.8) is 0 Å². The van der Waals surface area contributed by atoms with Gasteiger partial charge in [-0.15, -0.1) is 0 Å². The lowest BCUT2D eigenvalue weighted by Crippen LogP contribution is -2.35. The molecule has 0 saturated carbocycles. The molecule has 3 aromatic carbocycles. The van der Waals surface area contributed by atoms with Gasteiger partial charge < -0.3 is 30.4 Å². The second-order valence-corrected chi connectivity index (χ2v) is 14.8. The number of oxazole rings is 1. The third kappa shape index (κ3) is 7.25. The number of nitrogens with zero attached hydrogens (tertiary/aromatic N) is 6. The number of piperidine rings is 1. The monoisotopic (exact) mass is 738 g/mol. The molecular formula is C42H42N8O5. The van der Waals surface area contributed by atoms with Gasteiger partial charge in [0, 0.05) is 37.0 Å². The van der Waals surface area contributed by atoms with Crippen LogP contribution in [0.4, 0.5) is 11.5 Å². The maximum atomic E-state index is 11.4. The van der Waals surface area contributed by atoms with Crippen molar-refractivity contribution in [2.45, 2.75) is 58.3 Å². The molecule has 2 saturated heterocycles. The number of aliphatic carboxylic acids is 1. The average Bonchev–Trinajstić information content (AvgIpc) is 3.81. The Labute approximate surface area is 317 Å². The first-order valence-electron chi connectivity index (χ1n) is 18.6. The Bertz CT molecular complexity index is 2480. The van der Waals surface area contributed by atoms with E-state index in [0.29, 0.717) is 91.3 Å². The zero-order valence-electron chi connectivity index (χ0n) is 30.8. The number of aliphatic hydroxyl groups excluding tert-OH is 1. The largest absolute Gasteiger partial charge is 0.481 e. The number of pyridine rings is 1. The summed E-state index contributed by atoms with van der Waals surface area (Å²) in [7, 11) is 0. The van der Waals surface area contributed by atoms with Crippen LogP contribution in [-0.4, -0.2) is 77.9 Å². The molecule has 2 fully saturated rings. The van der Waals surface area contributed by atoms with E-state index in [1.807, 2.05) is 56.3 Å². The van der Waals surface area contributed by atoms with Gasteiger partial charge in [0.05, 0.1) is 22.6 Å². The molecule has 0 unspecified atom stereocenters. The molecule has 5 heterocycles. The first kappa shape index (κ1) is 36.2. The fourth-order valence-electron chi connectivity index (χ4n) is 7.95. The van der Waals surface area contributed by atoms with E-state index in [1.165, 1.54) is 0 Å². The number of fused-ring (bicyclic) bond motifs is 2. The standard InChI is InChI=1S/C42H42N8O5/c1-24-30(5-3-7-32(24)40-48-35-16-26(15-29(19-43)38(35)55-40)21-50-13-9-28(10-14-50)41(52)53)31-6-4-8-33(25(31)2)47-39-37-34(46-36(22-51)49-39)17-27(20-45-37)18-42(54)11-12-44-23-42/h3-8,15-17,20,28,44,51,54H,9-14,18,21-23H2,1-2H3,(H,52,53)(H,46,47,49)/t42-/m0/s1. The van der Waals surface area contributed by atoms with E-state index in [0.717, 1.165) is 51.2 Å². The number of carboxylic acids is 1. The minimum absolute atomic E-state index is 0.262. The van der Waals surface area contributed by atoms with Gasteiger partial charge in [-0.1, -0.05) is 24.3 Å². The van der Waals surface area contributed by atoms with Gasteiger partial charge in [-0.2, -0.15) is 5.26 Å². The van der Waals surface area contributed by atoms with Gasteiger partial charge >= 0.3 is 5.97 Å². The summed E-state index contributed by atoms with van der Waals surface area (Å²) >= 11 is 0. The number of β-amino-alcohol motifs (C(OH)–C–C–N with tert-alkyl or cyclic N) is 1. The molecule has 1 atom stereocenters. The zero-order valence-corrected chi connectivity index (χ0v) is 30.8. The fraction of sp³-hybridized carbons (Fsp3) is 0.333. The van der Waals surface area contributed by atoms with Crippen LogP contribution in [0.5, 0.6) is 0 Å². The summed E-state index contributed by atoms with van der Waals surface area (Å²) in [5.41, 5.74) is 9.05. The summed E-state index contributed by atoms with van der Waals surface area (Å²) in [5.74, 6) is 0.105. The van der Waals surface area contributed by atoms with Gasteiger partial charge in [-0.3, -0.25) is 14.7 Å². The smallest absolute Gasteiger partial charge is 0.306 e. The van der Waals surface area contributed by atoms with Crippen LogP contribution in [0.2, 0.25) is 0 Å². The van der Waals surface area contributed by atoms with Crippen LogP contribution in [0.25, 0.3) is 44.7 Å². The van der Waals surface area contributed by atoms with E-state index >= 15 is 0 Å². The highest BCUT2D eigenvalue weighted by Gasteiger charge is 2.31. The number of hydrogen-bond acceptors (Lipinski definition) is 12. The maximum Gasteiger partial charge on any atom is 0.306 e. The lowest BCUT2D eigenvalue weighted by atomic mass is 9.93. The van der Waals surface area contributed by atoms with Crippen molar-refractivity contribution in [1.82, 2.24) is 30.2 Å². The molecule has 5 N–H and O–H groups in total. The van der Waals surface area contributed by atoms with Crippen molar-refractivity contribution >= 4 is 39.6 Å². The molecule has 55 heavy (non-hydrogen) atoms. The van der Waals surface area contributed by atoms with Gasteiger partial charge in [0.15, 0.2) is 17.2 Å². The van der Waals surface area contributed by atoms with Crippen LogP contribution in [0.3, 0.4) is 0 Å². The summed E-state index contributed by atoms with van der Waals surface area (Å²) in [5, 5.41) is 47.1. The normalized spacial score (nSPS) is 17.9. The number of nitrogens with one attached hydrogen (secondary N) is 2. The number of benzene rings is 3. The SMILES string of the molecule is Cc1c(Nc2nc(CO)nc3cc(C[C@@]4(O)CCNC4)cnc23)cccc1-c1cccc(-c2nc3cc(CN4CCC(C(=O)O)CC4)cc(C#N)c3o2)c1C. The fourth-order valence-corrected chi connectivity index (χ4v) is 7.95. The van der Waals surface area contributed by atoms with Gasteiger partial charge in [-0.25, -0.2) is 15.0 Å². The molecule has 8 rings (SSSR count). The van der Waals surface area contributed by atoms with E-state index < -0.39 is 11.6 Å². The minimum Gasteiger partial charge on any atom is -0.481 e. The molecule has 0 amide bonds. The molecule has 2 aliphatic heterocycles. The lowest BCUT2D eigenvalue weighted by molar-refractivity contribution is -0.143. The Morgan fingerprint density at radius 3 is 2.49 bits per heavy atom. The molecule has 13 heteroatoms. The van der Waals surface area contributed by atoms with Crippen LogP contribution >= 0.6 is 0 Å². The third-order valence-corrected chi connectivity index (χ3v) is 11.0. The van der Waals surface area contributed by atoms with Crippen LogP contribution in [0.15, 0.2) is 65.2 Å². The predicted molar refractivity (Wildman–Crippen MR) is 207 cm³/mol. The topological polar surface area (TPSA) is 194 Å². The minimum atomic E-state index is -0.829. The lowest BCUT2D eigenvalue weighted by Gasteiger charge is -2.30. The van der Waals surface area contributed by atoms with Gasteiger partial charge in [0.25, 0.3) is 0 Å². The number of likely N-dealkylation sites (tertiary alicyclic amines) is 1. The number of nitriles is 1. The zero-order chi connectivity index (χ0) is 38.3. The second kappa shape index (κ2) is 14.8. The second-order valence-electron chi connectivity index (χ2n) is 14.8. The highest BCUT2D eigenvalue weighted by Crippen LogP contribution is 2.38. The molecule has 0 spiro atoms. The number of hydrogen-bond donors (Lipinski definition) is 5. The molecule has 6 aromatic rings. The molecule has 0 radical (unpaired) electrons. The van der Waals surface area contributed by atoms with Crippen molar-refractivity contribution in [3.8, 4) is 28.7 Å². The average molecular weight is 739 g/mol. The number of carbonyl (C=O) groups is 1. The number of rotatable bonds is 10. The maximum absolute atomic E-state index is 11.4. The van der Waals surface area contributed by atoms with Crippen molar-refractivity contribution in [2.24, 2.45) is 5.92 Å². The molecule has 280 valence electrons. The van der Waals surface area contributed by atoms with E-state index in [-0.39, 0.29) is 18.3 Å². The summed E-state index contributed by atoms with van der Waals surface area (Å²) in [6, 6.07) is 20.0. The van der Waals surface area contributed by atoms with Crippen LogP contribution in [0.1, 0.15) is 52.9 Å². The summed E-state index contributed by atoms with van der Waals surface area (Å²) < 4.78 is 6.30. The molecule has 0 bridgehead atoms. The van der Waals surface area contributed by atoms with Gasteiger partial charge in [-0.05, 0) is 116 Å². The number of aromatic nitrogens is 4. The van der Waals surface area contributed by atoms with E-state index in [1.54, 1.807) is 6.20 Å². The Morgan fingerprint density at radius 2 is 1.76 bits per heavy atom. The number of carboxylic acid groups (broad SMARTS) is 1. The summed E-state index contributed by atoms with van der Waals surface area (Å²) in [6.45, 7) is 6.99. The van der Waals surface area contributed by atoms with E-state index in [9.17, 15) is 25.4 Å². The third-order valence-electron chi connectivity index (χ3n) is 11.0. The first-order chi connectivity index (χ1) is 26.6. The van der Waals surface area contributed by atoms with Crippen molar-refractivity contribution in [3.05, 3.63) is 94.4 Å². The van der Waals surface area contributed by atoms with Crippen LogP contribution in [-0.2, 0) is 24.4 Å². The molecule has 3 aromatic heterocycles. The van der Waals surface area contributed by atoms with Gasteiger partial charge in [0.2, 0.25) is 5.89 Å². The molecule has 2 aliphatic rings. The van der Waals surface area contributed by atoms with Crippen LogP contribution < -0.4 is 10.6 Å². The van der Waals surface area contributed by atoms with Crippen molar-refractivity contribution in [1.29, 1.82) is 5.26 Å². The van der Waals surface area contributed by atoms with Crippen LogP contribution in [0, 0.1) is 31.1 Å². The van der Waals surface area contributed by atoms with Gasteiger partial charge in [0.1, 0.15) is 23.7 Å². The summed E-state index contributed by atoms with van der Waals surface area (Å²) in [6.07, 6.45) is 4.08. The quantitative estimate of drug-likeness (QED) is 0.114. The molecular weight excluding hydrogens is 697 g/mol. The van der Waals surface area contributed by atoms with Crippen molar-refractivity contribution < 1.29 is 24.5 Å². The van der Waals surface area contributed by atoms with E-state index in [2.05, 4.69) is 43.7 Å². The highest BCUT2D eigenvalue weighted by atomic mass is 16.4. The van der Waals surface area contributed by atoms with Crippen molar-refractivity contribution in [2.75, 3.05) is 31.5 Å². The Kier molecular flexibility index (Phi) is 9.75. The highest BCUT2D eigenvalue weighted by molar-refractivity contribution is 5.90. The predicted octanol–water partition coefficient (Wildman–Crippen LogP) is 5.79. The molecule has 0 aliphatic carbocycles. The number of aliphatic hydroxyl groups is 2.